The van der Waals surface area contributed by atoms with Gasteiger partial charge in [0, 0.05) is 0 Å². The first kappa shape index (κ1) is 11.5. The summed E-state index contributed by atoms with van der Waals surface area (Å²) in [7, 11) is 0. The number of halogens is 1. The molecule has 0 heterocycles. The van der Waals surface area contributed by atoms with Gasteiger partial charge in [0.05, 0.1) is 0 Å². The van der Waals surface area contributed by atoms with E-state index in [4.69, 9.17) is 11.2 Å². The van der Waals surface area contributed by atoms with Crippen molar-refractivity contribution in [2.24, 2.45) is 0 Å². The van der Waals surface area contributed by atoms with Crippen LogP contribution < -0.4 is 5.30 Å². The van der Waals surface area contributed by atoms with Crippen molar-refractivity contribution in [3.63, 3.8) is 0 Å². The second-order valence-corrected chi connectivity index (χ2v) is 13.3. The van der Waals surface area contributed by atoms with Gasteiger partial charge in [0.15, 0.2) is 0 Å². The molecule has 0 spiro atoms. The molecular weight excluding hydrogens is 265 g/mol. The van der Waals surface area contributed by atoms with Crippen LogP contribution in [0.2, 0.25) is 0 Å². The number of rotatable bonds is 1. The van der Waals surface area contributed by atoms with E-state index in [0.717, 1.165) is 0 Å². The molecule has 3 heteroatoms. The summed E-state index contributed by atoms with van der Waals surface area (Å²) in [5.74, 6) is 0. The van der Waals surface area contributed by atoms with Gasteiger partial charge in [0.2, 0.25) is 0 Å². The Bertz CT molecular complexity index is 327. The van der Waals surface area contributed by atoms with Crippen LogP contribution in [-0.4, -0.2) is 20.3 Å². The van der Waals surface area contributed by atoms with Gasteiger partial charge in [-0.25, -0.2) is 0 Å². The topological polar surface area (TPSA) is 0 Å². The third kappa shape index (κ3) is 2.48. The van der Waals surface area contributed by atoms with Crippen LogP contribution in [0.5, 0.6) is 0 Å². The summed E-state index contributed by atoms with van der Waals surface area (Å²) in [6.07, 6.45) is 0. The second-order valence-electron chi connectivity index (χ2n) is 4.04. The molecule has 1 aromatic rings. The Kier molecular flexibility index (Phi) is 3.47. The van der Waals surface area contributed by atoms with Gasteiger partial charge in [0.25, 0.3) is 0 Å². The van der Waals surface area contributed by atoms with Crippen molar-refractivity contribution < 1.29 is 0 Å². The molecule has 0 fully saturated rings. The minimum absolute atomic E-state index is 0.121. The Labute approximate surface area is 92.7 Å². The summed E-state index contributed by atoms with van der Waals surface area (Å²) in [6.45, 7) is 6.53. The van der Waals surface area contributed by atoms with Crippen LogP contribution in [0, 0.1) is 0 Å². The van der Waals surface area contributed by atoms with Gasteiger partial charge in [-0.3, -0.25) is 0 Å². The van der Waals surface area contributed by atoms with Crippen molar-refractivity contribution in [1.29, 1.82) is 0 Å². The monoisotopic (exact) mass is 280 g/mol. The van der Waals surface area contributed by atoms with E-state index >= 15 is 0 Å². The molecule has 0 aliphatic carbocycles. The van der Waals surface area contributed by atoms with E-state index < -0.39 is 4.86 Å². The predicted molar refractivity (Wildman–Crippen MR) is 64.4 cm³/mol. The van der Waals surface area contributed by atoms with Crippen LogP contribution >= 0.6 is 16.1 Å². The summed E-state index contributed by atoms with van der Waals surface area (Å²) >= 11 is 9.78. The van der Waals surface area contributed by atoms with Crippen molar-refractivity contribution in [3.8, 4) is 0 Å². The van der Waals surface area contributed by atoms with Crippen molar-refractivity contribution in [2.75, 3.05) is 0 Å². The van der Waals surface area contributed by atoms with Gasteiger partial charge < -0.3 is 0 Å². The summed E-state index contributed by atoms with van der Waals surface area (Å²) < 4.78 is 0. The average molecular weight is 280 g/mol. The number of hydrogen-bond acceptors (Lipinski definition) is 0. The van der Waals surface area contributed by atoms with Crippen LogP contribution in [0.15, 0.2) is 30.3 Å². The van der Waals surface area contributed by atoms with Crippen LogP contribution in [0.1, 0.15) is 20.8 Å². The number of hydrogen-bond donors (Lipinski definition) is 0. The zero-order valence-electron chi connectivity index (χ0n) is 8.12. The van der Waals surface area contributed by atoms with Crippen LogP contribution in [0.4, 0.5) is 0 Å². The standard InChI is InChI=1S/C10H14ClPSe/c1-10(2,3)12(11,13)9-7-5-4-6-8-9/h4-8H,1-3H3/t12-/m1/s1. The Hall–Kier alpha value is 0.459. The zero-order chi connectivity index (χ0) is 10.1. The average Bonchev–Trinajstić information content (AvgIpc) is 2.04. The third-order valence-corrected chi connectivity index (χ3v) is 11.5. The maximum atomic E-state index is 6.59. The molecule has 0 radical (unpaired) electrons. The normalized spacial score (nSPS) is 16.6. The van der Waals surface area contributed by atoms with Crippen molar-refractivity contribution >= 4 is 36.5 Å². The van der Waals surface area contributed by atoms with Gasteiger partial charge in [-0.15, -0.1) is 0 Å². The predicted octanol–water partition coefficient (Wildman–Crippen LogP) is 3.37. The first-order valence-electron chi connectivity index (χ1n) is 4.21. The molecule has 0 bridgehead atoms. The van der Waals surface area contributed by atoms with E-state index in [2.05, 4.69) is 48.0 Å². The number of benzene rings is 1. The second kappa shape index (κ2) is 3.91. The molecule has 0 saturated heterocycles. The zero-order valence-corrected chi connectivity index (χ0v) is 11.5. The maximum absolute atomic E-state index is 6.59. The Balaban J connectivity index is 3.17. The van der Waals surface area contributed by atoms with Crippen LogP contribution in [-0.2, 0) is 0 Å². The fourth-order valence-electron chi connectivity index (χ4n) is 1.01. The first-order valence-corrected chi connectivity index (χ1v) is 9.12. The van der Waals surface area contributed by atoms with Gasteiger partial charge in [-0.1, -0.05) is 0 Å². The first-order chi connectivity index (χ1) is 5.86. The summed E-state index contributed by atoms with van der Waals surface area (Å²) in [5, 5.41) is 1.36. The van der Waals surface area contributed by atoms with Crippen molar-refractivity contribution in [1.82, 2.24) is 0 Å². The third-order valence-electron chi connectivity index (χ3n) is 1.95. The molecule has 0 unspecified atom stereocenters. The molecule has 0 amide bonds. The molecule has 0 aromatic heterocycles. The van der Waals surface area contributed by atoms with Gasteiger partial charge in [-0.05, 0) is 0 Å². The fourth-order valence-corrected chi connectivity index (χ4v) is 3.44. The molecule has 0 nitrogen and oxygen atoms in total. The SMILES string of the molecule is CC(C)(C)[P@](Cl)(=[Se])c1ccccc1. The molecule has 72 valence electrons. The molecule has 13 heavy (non-hydrogen) atoms. The quantitative estimate of drug-likeness (QED) is 0.546. The van der Waals surface area contributed by atoms with E-state index in [1.807, 2.05) is 18.2 Å². The van der Waals surface area contributed by atoms with E-state index in [-0.39, 0.29) is 5.16 Å². The summed E-state index contributed by atoms with van der Waals surface area (Å²) in [5.41, 5.74) is 0. The summed E-state index contributed by atoms with van der Waals surface area (Å²) in [4.78, 5) is -1.63. The molecule has 0 N–H and O–H groups in total. The molecule has 1 aromatic carbocycles. The molecule has 0 aliphatic heterocycles. The molecular formula is C10H14ClPSe. The van der Waals surface area contributed by atoms with Gasteiger partial charge in [0.1, 0.15) is 0 Å². The van der Waals surface area contributed by atoms with Crippen LogP contribution in [0.3, 0.4) is 0 Å². The van der Waals surface area contributed by atoms with E-state index in [0.29, 0.717) is 0 Å². The van der Waals surface area contributed by atoms with Gasteiger partial charge >= 0.3 is 92.8 Å². The molecule has 1 atom stereocenters. The van der Waals surface area contributed by atoms with E-state index in [9.17, 15) is 0 Å². The Morgan fingerprint density at radius 3 is 2.00 bits per heavy atom. The van der Waals surface area contributed by atoms with E-state index in [1.165, 1.54) is 5.30 Å². The van der Waals surface area contributed by atoms with Crippen LogP contribution in [0.25, 0.3) is 0 Å². The molecule has 0 saturated carbocycles. The Morgan fingerprint density at radius 1 is 1.15 bits per heavy atom. The van der Waals surface area contributed by atoms with Gasteiger partial charge in [-0.2, -0.15) is 0 Å². The molecule has 1 rings (SSSR count). The summed E-state index contributed by atoms with van der Waals surface area (Å²) in [6, 6.07) is 10.3. The minimum atomic E-state index is -1.63. The van der Waals surface area contributed by atoms with Crippen molar-refractivity contribution in [2.45, 2.75) is 25.9 Å². The van der Waals surface area contributed by atoms with E-state index in [1.54, 1.807) is 0 Å². The Morgan fingerprint density at radius 2 is 1.62 bits per heavy atom. The molecule has 0 aliphatic rings. The fraction of sp³-hybridized carbons (Fsp3) is 0.400. The van der Waals surface area contributed by atoms with Crippen molar-refractivity contribution in [3.05, 3.63) is 30.3 Å².